The van der Waals surface area contributed by atoms with Crippen LogP contribution in [0.25, 0.3) is 0 Å². The van der Waals surface area contributed by atoms with Gasteiger partial charge in [-0.05, 0) is 27.9 Å². The summed E-state index contributed by atoms with van der Waals surface area (Å²) in [5.74, 6) is -0.450. The zero-order valence-corrected chi connectivity index (χ0v) is 8.47. The molecule has 0 radical (unpaired) electrons. The van der Waals surface area contributed by atoms with E-state index in [0.717, 1.165) is 5.56 Å². The fourth-order valence-electron chi connectivity index (χ4n) is 1.56. The zero-order chi connectivity index (χ0) is 9.47. The summed E-state index contributed by atoms with van der Waals surface area (Å²) in [6.07, 6.45) is 0.840. The van der Waals surface area contributed by atoms with Gasteiger partial charge in [-0.2, -0.15) is 0 Å². The van der Waals surface area contributed by atoms with Gasteiger partial charge in [-0.15, -0.1) is 0 Å². The van der Waals surface area contributed by atoms with Crippen molar-refractivity contribution in [1.29, 1.82) is 0 Å². The number of aryl methyl sites for hydroxylation is 1. The smallest absolute Gasteiger partial charge is 0.227 e. The van der Waals surface area contributed by atoms with Gasteiger partial charge in [0.15, 0.2) is 0 Å². The highest BCUT2D eigenvalue weighted by Crippen LogP contribution is 2.36. The number of carbonyl (C=O) groups excluding carboxylic acids is 1. The molecule has 0 bridgehead atoms. The van der Waals surface area contributed by atoms with E-state index in [4.69, 9.17) is 0 Å². The summed E-state index contributed by atoms with van der Waals surface area (Å²) < 4.78 is 11.7. The zero-order valence-electron chi connectivity index (χ0n) is 6.89. The molecule has 1 unspecified atom stereocenters. The molecule has 68 valence electrons. The topological polar surface area (TPSA) is 17.1 Å². The van der Waals surface area contributed by atoms with Crippen molar-refractivity contribution in [1.82, 2.24) is 0 Å². The van der Waals surface area contributed by atoms with Gasteiger partial charge in [0.05, 0.1) is 0 Å². The minimum absolute atomic E-state index is 0.225. The van der Waals surface area contributed by atoms with Crippen molar-refractivity contribution in [3.05, 3.63) is 35.4 Å². The van der Waals surface area contributed by atoms with E-state index in [0.29, 0.717) is 12.0 Å². The normalized spacial score (nSPS) is 27.1. The monoisotopic (exact) mass is 242 g/mol. The van der Waals surface area contributed by atoms with Gasteiger partial charge in [0.25, 0.3) is 0 Å². The highest BCUT2D eigenvalue weighted by atomic mass is 79.9. The summed E-state index contributed by atoms with van der Waals surface area (Å²) in [4.78, 5) is 11.5. The molecule has 1 nitrogen and oxygen atoms in total. The number of fused-ring (bicyclic) bond motifs is 1. The predicted molar refractivity (Wildman–Crippen MR) is 51.9 cm³/mol. The number of halogens is 2. The Morgan fingerprint density at radius 2 is 2.08 bits per heavy atom. The van der Waals surface area contributed by atoms with Crippen molar-refractivity contribution in [3.8, 4) is 0 Å². The van der Waals surface area contributed by atoms with Gasteiger partial charge in [0.1, 0.15) is 0 Å². The number of rotatable bonds is 0. The van der Waals surface area contributed by atoms with Crippen LogP contribution in [-0.4, -0.2) is 10.4 Å². The molecule has 13 heavy (non-hydrogen) atoms. The fraction of sp³-hybridized carbons (Fsp3) is 0.300. The van der Waals surface area contributed by atoms with Crippen molar-refractivity contribution >= 4 is 21.7 Å². The Kier molecular flexibility index (Phi) is 1.99. The molecular weight excluding hydrogens is 235 g/mol. The highest BCUT2D eigenvalue weighted by molar-refractivity contribution is 9.10. The molecule has 1 aliphatic carbocycles. The third-order valence-corrected chi connectivity index (χ3v) is 3.06. The van der Waals surface area contributed by atoms with Gasteiger partial charge in [-0.3, -0.25) is 4.79 Å². The number of carbonyl (C=O) groups is 1. The van der Waals surface area contributed by atoms with Crippen LogP contribution in [-0.2, 0) is 6.42 Å². The van der Waals surface area contributed by atoms with Crippen molar-refractivity contribution in [2.45, 2.75) is 17.4 Å². The lowest BCUT2D eigenvalue weighted by atomic mass is 9.89. The van der Waals surface area contributed by atoms with Crippen molar-refractivity contribution in [2.75, 3.05) is 0 Å². The summed E-state index contributed by atoms with van der Waals surface area (Å²) in [6.45, 7) is 0. The maximum atomic E-state index is 13.5. The predicted octanol–water partition coefficient (Wildman–Crippen LogP) is 2.88. The molecule has 0 heterocycles. The Morgan fingerprint density at radius 3 is 2.85 bits per heavy atom. The Balaban J connectivity index is 2.52. The molecule has 0 saturated carbocycles. The van der Waals surface area contributed by atoms with E-state index in [9.17, 15) is 9.18 Å². The molecule has 0 N–H and O–H groups in total. The first kappa shape index (κ1) is 8.88. The first-order chi connectivity index (χ1) is 6.11. The largest absolute Gasteiger partial charge is 0.290 e. The number of Topliss-reactive ketones (excluding diaryl/α,β-unsaturated/α-hetero) is 1. The van der Waals surface area contributed by atoms with Gasteiger partial charge < -0.3 is 0 Å². The second kappa shape index (κ2) is 2.91. The fourth-order valence-corrected chi connectivity index (χ4v) is 1.97. The van der Waals surface area contributed by atoms with Crippen molar-refractivity contribution in [2.24, 2.45) is 0 Å². The van der Waals surface area contributed by atoms with E-state index in [1.165, 1.54) is 0 Å². The van der Waals surface area contributed by atoms with Gasteiger partial charge in [0.2, 0.25) is 10.4 Å². The summed E-state index contributed by atoms with van der Waals surface area (Å²) >= 11 is 2.81. The molecule has 1 aromatic rings. The third kappa shape index (κ3) is 1.41. The van der Waals surface area contributed by atoms with E-state index in [2.05, 4.69) is 15.9 Å². The SMILES string of the molecule is O=C1c2ccccc2CCC1(F)Br. The van der Waals surface area contributed by atoms with Crippen molar-refractivity contribution < 1.29 is 9.18 Å². The van der Waals surface area contributed by atoms with Crippen LogP contribution in [0, 0.1) is 0 Å². The minimum atomic E-state index is -1.85. The van der Waals surface area contributed by atoms with Crippen LogP contribution in [0.1, 0.15) is 22.3 Å². The maximum Gasteiger partial charge on any atom is 0.227 e. The molecule has 3 heteroatoms. The molecular formula is C10H8BrFO. The molecule has 0 fully saturated rings. The van der Waals surface area contributed by atoms with Gasteiger partial charge in [-0.25, -0.2) is 4.39 Å². The number of hydrogen-bond donors (Lipinski definition) is 0. The number of hydrogen-bond acceptors (Lipinski definition) is 1. The Labute approximate surface area is 84.1 Å². The minimum Gasteiger partial charge on any atom is -0.290 e. The average Bonchev–Trinajstić information content (AvgIpc) is 2.13. The summed E-state index contributed by atoms with van der Waals surface area (Å²) in [5, 5.41) is 0. The van der Waals surface area contributed by atoms with E-state index < -0.39 is 10.4 Å². The lowest BCUT2D eigenvalue weighted by Gasteiger charge is -2.23. The Hall–Kier alpha value is -0.700. The summed E-state index contributed by atoms with van der Waals surface area (Å²) in [6, 6.07) is 7.17. The van der Waals surface area contributed by atoms with Gasteiger partial charge >= 0.3 is 0 Å². The van der Waals surface area contributed by atoms with Crippen LogP contribution in [0.5, 0.6) is 0 Å². The lowest BCUT2D eigenvalue weighted by Crippen LogP contribution is -2.32. The molecule has 0 saturated heterocycles. The molecule has 1 atom stereocenters. The van der Waals surface area contributed by atoms with E-state index in [-0.39, 0.29) is 6.42 Å². The molecule has 0 spiro atoms. The molecule has 1 aromatic carbocycles. The second-order valence-corrected chi connectivity index (χ2v) is 4.45. The van der Waals surface area contributed by atoms with Crippen LogP contribution < -0.4 is 0 Å². The second-order valence-electron chi connectivity index (χ2n) is 3.19. The van der Waals surface area contributed by atoms with E-state index in [1.807, 2.05) is 12.1 Å². The highest BCUT2D eigenvalue weighted by Gasteiger charge is 2.40. The van der Waals surface area contributed by atoms with Crippen LogP contribution in [0.4, 0.5) is 4.39 Å². The van der Waals surface area contributed by atoms with Gasteiger partial charge in [-0.1, -0.05) is 24.3 Å². The summed E-state index contributed by atoms with van der Waals surface area (Å²) in [7, 11) is 0. The van der Waals surface area contributed by atoms with E-state index >= 15 is 0 Å². The number of alkyl halides is 2. The van der Waals surface area contributed by atoms with Crippen LogP contribution in [0.3, 0.4) is 0 Å². The van der Waals surface area contributed by atoms with Crippen LogP contribution >= 0.6 is 15.9 Å². The Morgan fingerprint density at radius 1 is 1.38 bits per heavy atom. The number of benzene rings is 1. The molecule has 1 aliphatic rings. The maximum absolute atomic E-state index is 13.5. The lowest BCUT2D eigenvalue weighted by molar-refractivity contribution is 0.0823. The Bertz CT molecular complexity index is 360. The standard InChI is InChI=1S/C10H8BrFO/c11-10(12)6-5-7-3-1-2-4-8(7)9(10)13/h1-4H,5-6H2. The first-order valence-electron chi connectivity index (χ1n) is 4.12. The quantitative estimate of drug-likeness (QED) is 0.640. The molecule has 0 amide bonds. The number of ketones is 1. The van der Waals surface area contributed by atoms with Crippen LogP contribution in [0.2, 0.25) is 0 Å². The first-order valence-corrected chi connectivity index (χ1v) is 4.91. The summed E-state index contributed by atoms with van der Waals surface area (Å²) in [5.41, 5.74) is 1.45. The van der Waals surface area contributed by atoms with Crippen LogP contribution in [0.15, 0.2) is 24.3 Å². The molecule has 2 rings (SSSR count). The van der Waals surface area contributed by atoms with Crippen molar-refractivity contribution in [3.63, 3.8) is 0 Å². The van der Waals surface area contributed by atoms with E-state index in [1.54, 1.807) is 12.1 Å². The molecule has 0 aromatic heterocycles. The van der Waals surface area contributed by atoms with Gasteiger partial charge in [0, 0.05) is 12.0 Å². The molecule has 0 aliphatic heterocycles. The average molecular weight is 243 g/mol. The third-order valence-electron chi connectivity index (χ3n) is 2.30.